The summed E-state index contributed by atoms with van der Waals surface area (Å²) < 4.78 is 0.998. The van der Waals surface area contributed by atoms with Crippen LogP contribution in [0.25, 0.3) is 0 Å². The van der Waals surface area contributed by atoms with Crippen molar-refractivity contribution >= 4 is 33.6 Å². The third-order valence-corrected chi connectivity index (χ3v) is 4.18. The number of hydrogen-bond acceptors (Lipinski definition) is 3. The summed E-state index contributed by atoms with van der Waals surface area (Å²) in [6.45, 7) is 0.492. The van der Waals surface area contributed by atoms with E-state index in [0.29, 0.717) is 18.7 Å². The van der Waals surface area contributed by atoms with Crippen LogP contribution in [0.4, 0.5) is 0 Å². The van der Waals surface area contributed by atoms with Crippen molar-refractivity contribution in [1.29, 1.82) is 5.26 Å². The van der Waals surface area contributed by atoms with E-state index < -0.39 is 0 Å². The Morgan fingerprint density at radius 2 is 2.24 bits per heavy atom. The zero-order valence-electron chi connectivity index (χ0n) is 9.52. The molecule has 0 heterocycles. The predicted molar refractivity (Wildman–Crippen MR) is 72.7 cm³/mol. The number of nitrogens with zero attached hydrogens (tertiary/aromatic N) is 2. The van der Waals surface area contributed by atoms with Crippen LogP contribution in [0.15, 0.2) is 33.6 Å². The van der Waals surface area contributed by atoms with E-state index in [1.807, 2.05) is 30.3 Å². The Morgan fingerprint density at radius 1 is 1.53 bits per heavy atom. The van der Waals surface area contributed by atoms with Crippen LogP contribution in [0.2, 0.25) is 0 Å². The molecule has 0 saturated heterocycles. The fraction of sp³-hybridized carbons (Fsp3) is 0.333. The number of hydrogen-bond donors (Lipinski definition) is 0. The van der Waals surface area contributed by atoms with Gasteiger partial charge in [-0.3, -0.25) is 4.79 Å². The van der Waals surface area contributed by atoms with Gasteiger partial charge in [0.2, 0.25) is 5.91 Å². The van der Waals surface area contributed by atoms with Crippen molar-refractivity contribution in [3.63, 3.8) is 0 Å². The van der Waals surface area contributed by atoms with Crippen LogP contribution in [0.3, 0.4) is 0 Å². The highest BCUT2D eigenvalue weighted by molar-refractivity contribution is 9.10. The maximum atomic E-state index is 11.7. The Hall–Kier alpha value is -0.990. The zero-order valence-corrected chi connectivity index (χ0v) is 11.9. The minimum Gasteiger partial charge on any atom is -0.344 e. The summed E-state index contributed by atoms with van der Waals surface area (Å²) >= 11 is 4.93. The minimum absolute atomic E-state index is 0.0426. The molecule has 0 saturated carbocycles. The highest BCUT2D eigenvalue weighted by Crippen LogP contribution is 2.26. The number of amides is 1. The maximum absolute atomic E-state index is 11.7. The average Bonchev–Trinajstić information content (AvgIpc) is 2.34. The van der Waals surface area contributed by atoms with E-state index in [9.17, 15) is 4.79 Å². The molecule has 0 aromatic heterocycles. The SMILES string of the molecule is CN(CCC#N)C(=O)CSc1ccccc1Br. The van der Waals surface area contributed by atoms with Gasteiger partial charge in [0, 0.05) is 23.0 Å². The van der Waals surface area contributed by atoms with Crippen LogP contribution in [0.1, 0.15) is 6.42 Å². The molecule has 1 aromatic carbocycles. The van der Waals surface area contributed by atoms with Gasteiger partial charge in [0.15, 0.2) is 0 Å². The lowest BCUT2D eigenvalue weighted by atomic mass is 10.4. The van der Waals surface area contributed by atoms with E-state index >= 15 is 0 Å². The molecule has 90 valence electrons. The van der Waals surface area contributed by atoms with Gasteiger partial charge in [0.25, 0.3) is 0 Å². The van der Waals surface area contributed by atoms with E-state index in [4.69, 9.17) is 5.26 Å². The standard InChI is InChI=1S/C12H13BrN2OS/c1-15(8-4-7-14)12(16)9-17-11-6-3-2-5-10(11)13/h2-3,5-6H,4,8-9H2,1H3. The van der Waals surface area contributed by atoms with Gasteiger partial charge in [0.05, 0.1) is 18.2 Å². The lowest BCUT2D eigenvalue weighted by molar-refractivity contribution is -0.127. The Labute approximate surface area is 114 Å². The summed E-state index contributed by atoms with van der Waals surface area (Å²) in [7, 11) is 1.72. The molecular weight excluding hydrogens is 300 g/mol. The molecular formula is C12H13BrN2OS. The fourth-order valence-electron chi connectivity index (χ4n) is 1.15. The molecule has 1 amide bonds. The monoisotopic (exact) mass is 312 g/mol. The molecule has 0 aliphatic rings. The first-order chi connectivity index (χ1) is 8.15. The van der Waals surface area contributed by atoms with Crippen molar-refractivity contribution in [1.82, 2.24) is 4.90 Å². The quantitative estimate of drug-likeness (QED) is 0.785. The number of thioether (sulfide) groups is 1. The van der Waals surface area contributed by atoms with E-state index in [-0.39, 0.29) is 5.91 Å². The van der Waals surface area contributed by atoms with Crippen molar-refractivity contribution in [2.45, 2.75) is 11.3 Å². The second-order valence-corrected chi connectivity index (χ2v) is 5.31. The van der Waals surface area contributed by atoms with Gasteiger partial charge in [-0.2, -0.15) is 5.26 Å². The predicted octanol–water partition coefficient (Wildman–Crippen LogP) is 2.91. The molecule has 0 unspecified atom stereocenters. The van der Waals surface area contributed by atoms with Crippen LogP contribution in [0.5, 0.6) is 0 Å². The maximum Gasteiger partial charge on any atom is 0.232 e. The number of benzene rings is 1. The molecule has 0 aliphatic heterocycles. The minimum atomic E-state index is 0.0426. The van der Waals surface area contributed by atoms with Gasteiger partial charge < -0.3 is 4.90 Å². The van der Waals surface area contributed by atoms with Gasteiger partial charge in [-0.1, -0.05) is 12.1 Å². The molecule has 1 rings (SSSR count). The van der Waals surface area contributed by atoms with Crippen molar-refractivity contribution < 1.29 is 4.79 Å². The van der Waals surface area contributed by atoms with E-state index in [0.717, 1.165) is 9.37 Å². The Kier molecular flexibility index (Phi) is 6.09. The fourth-order valence-corrected chi connectivity index (χ4v) is 2.66. The van der Waals surface area contributed by atoms with Crippen molar-refractivity contribution in [3.05, 3.63) is 28.7 Å². The van der Waals surface area contributed by atoms with Crippen LogP contribution in [0, 0.1) is 11.3 Å². The molecule has 0 radical (unpaired) electrons. The molecule has 0 atom stereocenters. The molecule has 0 fully saturated rings. The number of carbonyl (C=O) groups excluding carboxylic acids is 1. The Bertz CT molecular complexity index is 431. The van der Waals surface area contributed by atoms with E-state index in [1.54, 1.807) is 11.9 Å². The van der Waals surface area contributed by atoms with Crippen LogP contribution in [-0.2, 0) is 4.79 Å². The summed E-state index contributed by atoms with van der Waals surface area (Å²) in [4.78, 5) is 14.4. The molecule has 0 bridgehead atoms. The Morgan fingerprint density at radius 3 is 2.88 bits per heavy atom. The van der Waals surface area contributed by atoms with Gasteiger partial charge >= 0.3 is 0 Å². The first-order valence-corrected chi connectivity index (χ1v) is 6.91. The van der Waals surface area contributed by atoms with E-state index in [1.165, 1.54) is 11.8 Å². The first kappa shape index (κ1) is 14.1. The normalized spacial score (nSPS) is 9.71. The molecule has 5 heteroatoms. The summed E-state index contributed by atoms with van der Waals surface area (Å²) in [5, 5.41) is 8.44. The second kappa shape index (κ2) is 7.36. The molecule has 0 spiro atoms. The molecule has 0 N–H and O–H groups in total. The van der Waals surface area contributed by atoms with Crippen LogP contribution >= 0.6 is 27.7 Å². The number of nitriles is 1. The van der Waals surface area contributed by atoms with Gasteiger partial charge in [0.1, 0.15) is 0 Å². The van der Waals surface area contributed by atoms with Crippen LogP contribution in [-0.4, -0.2) is 30.2 Å². The summed E-state index contributed by atoms with van der Waals surface area (Å²) in [6, 6.07) is 9.83. The third-order valence-electron chi connectivity index (χ3n) is 2.17. The highest BCUT2D eigenvalue weighted by atomic mass is 79.9. The number of halogens is 1. The van der Waals surface area contributed by atoms with Crippen molar-refractivity contribution in [2.75, 3.05) is 19.3 Å². The van der Waals surface area contributed by atoms with Gasteiger partial charge in [-0.15, -0.1) is 11.8 Å². The summed E-state index contributed by atoms with van der Waals surface area (Å²) in [5.74, 6) is 0.436. The number of rotatable bonds is 5. The van der Waals surface area contributed by atoms with Gasteiger partial charge in [-0.25, -0.2) is 0 Å². The lowest BCUT2D eigenvalue weighted by Gasteiger charge is -2.15. The lowest BCUT2D eigenvalue weighted by Crippen LogP contribution is -2.29. The van der Waals surface area contributed by atoms with E-state index in [2.05, 4.69) is 15.9 Å². The van der Waals surface area contributed by atoms with Crippen LogP contribution < -0.4 is 0 Å². The molecule has 1 aromatic rings. The summed E-state index contributed by atoms with van der Waals surface area (Å²) in [5.41, 5.74) is 0. The van der Waals surface area contributed by atoms with Crippen molar-refractivity contribution in [3.8, 4) is 6.07 Å². The Balaban J connectivity index is 2.43. The third kappa shape index (κ3) is 4.80. The molecule has 0 aliphatic carbocycles. The second-order valence-electron chi connectivity index (χ2n) is 3.44. The molecule has 3 nitrogen and oxygen atoms in total. The largest absolute Gasteiger partial charge is 0.344 e. The summed E-state index contributed by atoms with van der Waals surface area (Å²) in [6.07, 6.45) is 0.377. The first-order valence-electron chi connectivity index (χ1n) is 5.13. The van der Waals surface area contributed by atoms with Gasteiger partial charge in [-0.05, 0) is 28.1 Å². The smallest absolute Gasteiger partial charge is 0.232 e. The topological polar surface area (TPSA) is 44.1 Å². The molecule has 17 heavy (non-hydrogen) atoms. The highest BCUT2D eigenvalue weighted by Gasteiger charge is 2.09. The van der Waals surface area contributed by atoms with Crippen molar-refractivity contribution in [2.24, 2.45) is 0 Å². The number of carbonyl (C=O) groups is 1. The zero-order chi connectivity index (χ0) is 12.7. The average molecular weight is 313 g/mol.